The van der Waals surface area contributed by atoms with Gasteiger partial charge in [0.25, 0.3) is 5.91 Å². The minimum atomic E-state index is 0.0484. The van der Waals surface area contributed by atoms with Gasteiger partial charge in [-0.2, -0.15) is 0 Å². The Hall–Kier alpha value is -1.26. The predicted molar refractivity (Wildman–Crippen MR) is 84.8 cm³/mol. The highest BCUT2D eigenvalue weighted by Crippen LogP contribution is 2.28. The molecule has 4 nitrogen and oxygen atoms in total. The Balaban J connectivity index is 1.97. The van der Waals surface area contributed by atoms with Crippen LogP contribution in [0.2, 0.25) is 5.02 Å². The topological polar surface area (TPSA) is 41.6 Å². The number of benzene rings is 1. The number of hydrogen-bond donors (Lipinski definition) is 1. The van der Waals surface area contributed by atoms with Crippen molar-refractivity contribution >= 4 is 17.5 Å². The molecule has 0 spiro atoms. The molecule has 1 amide bonds. The standard InChI is InChI=1S/C16H23ClN2O2/c1-18-11-13-7-6-8-14(17)16(13)21-12-15(20)19-9-4-2-3-5-10-19/h6-8,18H,2-5,9-12H2,1H3. The average molecular weight is 311 g/mol. The Kier molecular flexibility index (Phi) is 6.33. The highest BCUT2D eigenvalue weighted by Gasteiger charge is 2.17. The summed E-state index contributed by atoms with van der Waals surface area (Å²) in [5.41, 5.74) is 0.966. The number of ether oxygens (including phenoxy) is 1. The molecular formula is C16H23ClN2O2. The molecule has 1 saturated heterocycles. The summed E-state index contributed by atoms with van der Waals surface area (Å²) in [7, 11) is 1.87. The van der Waals surface area contributed by atoms with E-state index in [1.165, 1.54) is 12.8 Å². The third-order valence-corrected chi connectivity index (χ3v) is 4.01. The van der Waals surface area contributed by atoms with Crippen LogP contribution in [0, 0.1) is 0 Å². The van der Waals surface area contributed by atoms with Gasteiger partial charge in [0.2, 0.25) is 0 Å². The van der Waals surface area contributed by atoms with Gasteiger partial charge < -0.3 is 15.0 Å². The Bertz CT molecular complexity index is 471. The van der Waals surface area contributed by atoms with Gasteiger partial charge in [0.15, 0.2) is 6.61 Å². The second-order valence-corrected chi connectivity index (χ2v) is 5.75. The number of likely N-dealkylation sites (tertiary alicyclic amines) is 1. The highest BCUT2D eigenvalue weighted by atomic mass is 35.5. The molecule has 2 rings (SSSR count). The summed E-state index contributed by atoms with van der Waals surface area (Å²) in [6, 6.07) is 5.62. The van der Waals surface area contributed by atoms with E-state index >= 15 is 0 Å². The van der Waals surface area contributed by atoms with E-state index < -0.39 is 0 Å². The van der Waals surface area contributed by atoms with Gasteiger partial charge in [-0.3, -0.25) is 4.79 Å². The molecule has 1 aliphatic heterocycles. The number of para-hydroxylation sites is 1. The van der Waals surface area contributed by atoms with Crippen molar-refractivity contribution in [1.29, 1.82) is 0 Å². The molecule has 0 bridgehead atoms. The third-order valence-electron chi connectivity index (χ3n) is 3.71. The van der Waals surface area contributed by atoms with Crippen LogP contribution in [-0.2, 0) is 11.3 Å². The summed E-state index contributed by atoms with van der Waals surface area (Å²) in [6.07, 6.45) is 4.59. The van der Waals surface area contributed by atoms with E-state index in [-0.39, 0.29) is 12.5 Å². The first kappa shape index (κ1) is 16.1. The van der Waals surface area contributed by atoms with Crippen LogP contribution in [0.5, 0.6) is 5.75 Å². The number of rotatable bonds is 5. The number of amides is 1. The predicted octanol–water partition coefficient (Wildman–Crippen LogP) is 2.84. The maximum Gasteiger partial charge on any atom is 0.260 e. The molecule has 1 aliphatic rings. The van der Waals surface area contributed by atoms with Crippen molar-refractivity contribution in [3.63, 3.8) is 0 Å². The molecule has 116 valence electrons. The molecular weight excluding hydrogens is 288 g/mol. The first-order valence-electron chi connectivity index (χ1n) is 7.55. The van der Waals surface area contributed by atoms with Crippen LogP contribution in [0.15, 0.2) is 18.2 Å². The fraction of sp³-hybridized carbons (Fsp3) is 0.562. The quantitative estimate of drug-likeness (QED) is 0.909. The molecule has 1 heterocycles. The zero-order chi connectivity index (χ0) is 15.1. The summed E-state index contributed by atoms with van der Waals surface area (Å²) in [4.78, 5) is 14.2. The Morgan fingerprint density at radius 1 is 1.29 bits per heavy atom. The van der Waals surface area contributed by atoms with Crippen LogP contribution in [-0.4, -0.2) is 37.6 Å². The van der Waals surface area contributed by atoms with Crippen molar-refractivity contribution < 1.29 is 9.53 Å². The van der Waals surface area contributed by atoms with Gasteiger partial charge in [0.05, 0.1) is 5.02 Å². The number of hydrogen-bond acceptors (Lipinski definition) is 3. The summed E-state index contributed by atoms with van der Waals surface area (Å²) in [5, 5.41) is 3.62. The maximum atomic E-state index is 12.2. The molecule has 0 atom stereocenters. The lowest BCUT2D eigenvalue weighted by Gasteiger charge is -2.21. The number of nitrogens with zero attached hydrogens (tertiary/aromatic N) is 1. The number of nitrogens with one attached hydrogen (secondary N) is 1. The van der Waals surface area contributed by atoms with Gasteiger partial charge >= 0.3 is 0 Å². The summed E-state index contributed by atoms with van der Waals surface area (Å²) in [6.45, 7) is 2.40. The molecule has 1 aromatic carbocycles. The average Bonchev–Trinajstić information content (AvgIpc) is 2.76. The SMILES string of the molecule is CNCc1cccc(Cl)c1OCC(=O)N1CCCCCC1. The molecule has 1 aromatic rings. The lowest BCUT2D eigenvalue weighted by Crippen LogP contribution is -2.35. The van der Waals surface area contributed by atoms with E-state index in [0.717, 1.165) is 31.5 Å². The second-order valence-electron chi connectivity index (χ2n) is 5.34. The maximum absolute atomic E-state index is 12.2. The van der Waals surface area contributed by atoms with Crippen LogP contribution in [0.1, 0.15) is 31.2 Å². The largest absolute Gasteiger partial charge is 0.482 e. The van der Waals surface area contributed by atoms with E-state index in [1.54, 1.807) is 6.07 Å². The van der Waals surface area contributed by atoms with Gasteiger partial charge in [0.1, 0.15) is 5.75 Å². The molecule has 5 heteroatoms. The normalized spacial score (nSPS) is 15.6. The lowest BCUT2D eigenvalue weighted by molar-refractivity contribution is -0.133. The molecule has 21 heavy (non-hydrogen) atoms. The van der Waals surface area contributed by atoms with Gasteiger partial charge in [-0.15, -0.1) is 0 Å². The molecule has 0 unspecified atom stereocenters. The first-order valence-corrected chi connectivity index (χ1v) is 7.92. The van der Waals surface area contributed by atoms with Gasteiger partial charge in [-0.25, -0.2) is 0 Å². The first-order chi connectivity index (χ1) is 10.2. The van der Waals surface area contributed by atoms with Crippen molar-refractivity contribution in [3.05, 3.63) is 28.8 Å². The van der Waals surface area contributed by atoms with Crippen molar-refractivity contribution in [2.75, 3.05) is 26.7 Å². The molecule has 0 aromatic heterocycles. The lowest BCUT2D eigenvalue weighted by atomic mass is 10.2. The van der Waals surface area contributed by atoms with Crippen molar-refractivity contribution in [2.24, 2.45) is 0 Å². The van der Waals surface area contributed by atoms with Gasteiger partial charge in [-0.05, 0) is 26.0 Å². The summed E-state index contributed by atoms with van der Waals surface area (Å²) >= 11 is 6.18. The Morgan fingerprint density at radius 3 is 2.67 bits per heavy atom. The van der Waals surface area contributed by atoms with Crippen molar-refractivity contribution in [3.8, 4) is 5.75 Å². The van der Waals surface area contributed by atoms with E-state index in [1.807, 2.05) is 24.1 Å². The fourth-order valence-corrected chi connectivity index (χ4v) is 2.84. The fourth-order valence-electron chi connectivity index (χ4n) is 2.59. The second kappa shape index (κ2) is 8.25. The minimum absolute atomic E-state index is 0.0484. The van der Waals surface area contributed by atoms with Crippen LogP contribution >= 0.6 is 11.6 Å². The zero-order valence-corrected chi connectivity index (χ0v) is 13.3. The third kappa shape index (κ3) is 4.61. The smallest absolute Gasteiger partial charge is 0.260 e. The van der Waals surface area contributed by atoms with Crippen LogP contribution in [0.4, 0.5) is 0 Å². The molecule has 1 fully saturated rings. The number of carbonyl (C=O) groups is 1. The number of halogens is 1. The molecule has 0 radical (unpaired) electrons. The summed E-state index contributed by atoms with van der Waals surface area (Å²) < 4.78 is 5.71. The monoisotopic (exact) mass is 310 g/mol. The Morgan fingerprint density at radius 2 is 2.00 bits per heavy atom. The molecule has 1 N–H and O–H groups in total. The van der Waals surface area contributed by atoms with E-state index in [9.17, 15) is 4.79 Å². The minimum Gasteiger partial charge on any atom is -0.482 e. The van der Waals surface area contributed by atoms with E-state index in [2.05, 4.69) is 5.32 Å². The molecule has 0 aliphatic carbocycles. The van der Waals surface area contributed by atoms with Gasteiger partial charge in [-0.1, -0.05) is 36.6 Å². The number of carbonyl (C=O) groups excluding carboxylic acids is 1. The van der Waals surface area contributed by atoms with Gasteiger partial charge in [0, 0.05) is 25.2 Å². The van der Waals surface area contributed by atoms with E-state index in [4.69, 9.17) is 16.3 Å². The Labute approximate surface area is 131 Å². The zero-order valence-electron chi connectivity index (χ0n) is 12.5. The van der Waals surface area contributed by atoms with Crippen molar-refractivity contribution in [1.82, 2.24) is 10.2 Å². The van der Waals surface area contributed by atoms with Crippen LogP contribution in [0.25, 0.3) is 0 Å². The molecule has 0 saturated carbocycles. The van der Waals surface area contributed by atoms with E-state index in [0.29, 0.717) is 17.3 Å². The van der Waals surface area contributed by atoms with Crippen LogP contribution in [0.3, 0.4) is 0 Å². The summed E-state index contributed by atoms with van der Waals surface area (Å²) in [5.74, 6) is 0.656. The van der Waals surface area contributed by atoms with Crippen LogP contribution < -0.4 is 10.1 Å². The highest BCUT2D eigenvalue weighted by molar-refractivity contribution is 6.32. The van der Waals surface area contributed by atoms with Crippen molar-refractivity contribution in [2.45, 2.75) is 32.2 Å².